The van der Waals surface area contributed by atoms with Crippen LogP contribution in [0.15, 0.2) is 60.2 Å². The molecule has 0 aromatic heterocycles. The van der Waals surface area contributed by atoms with Gasteiger partial charge in [0.15, 0.2) is 0 Å². The summed E-state index contributed by atoms with van der Waals surface area (Å²) in [6.45, 7) is 1.34. The van der Waals surface area contributed by atoms with Crippen LogP contribution in [0.3, 0.4) is 0 Å². The van der Waals surface area contributed by atoms with Crippen LogP contribution in [0, 0.1) is 0 Å². The maximum atomic E-state index is 13.0. The van der Waals surface area contributed by atoms with E-state index in [9.17, 15) is 9.59 Å². The highest BCUT2D eigenvalue weighted by molar-refractivity contribution is 6.03. The summed E-state index contributed by atoms with van der Waals surface area (Å²) >= 11 is 0. The Bertz CT molecular complexity index is 967. The molecule has 5 heteroatoms. The summed E-state index contributed by atoms with van der Waals surface area (Å²) in [6.07, 6.45) is 11.1. The normalized spacial score (nSPS) is 16.0. The Morgan fingerprint density at radius 3 is 2.68 bits per heavy atom. The van der Waals surface area contributed by atoms with Crippen LogP contribution in [0.1, 0.15) is 60.9 Å². The topological polar surface area (TPSA) is 61.4 Å². The van der Waals surface area contributed by atoms with Crippen molar-refractivity contribution in [1.82, 2.24) is 5.32 Å². The Kier molecular flexibility index (Phi) is 7.03. The number of rotatable bonds is 5. The predicted molar refractivity (Wildman–Crippen MR) is 126 cm³/mol. The largest absolute Gasteiger partial charge is 0.352 e. The molecule has 0 radical (unpaired) electrons. The minimum atomic E-state index is -0.156. The average molecular weight is 418 g/mol. The standard InChI is InChI=1S/C26H31N3O2/c30-25(27-17-16-20-9-2-1-3-10-20)22-13-8-14-23(19-22)28-26(31)29-18-7-6-12-21-11-4-5-15-24(21)29/h4-5,8-9,11,13-15,19H,1-3,6-7,10,12,16-18H2,(H,27,30)(H,28,31). The van der Waals surface area contributed by atoms with Crippen molar-refractivity contribution in [3.63, 3.8) is 0 Å². The first-order chi connectivity index (χ1) is 15.2. The monoisotopic (exact) mass is 417 g/mol. The number of anilines is 2. The molecule has 0 spiro atoms. The Labute approximate surface area is 184 Å². The molecule has 31 heavy (non-hydrogen) atoms. The number of benzene rings is 2. The Morgan fingerprint density at radius 2 is 1.81 bits per heavy atom. The van der Waals surface area contributed by atoms with E-state index in [0.29, 0.717) is 24.3 Å². The van der Waals surface area contributed by atoms with Crippen molar-refractivity contribution in [3.8, 4) is 0 Å². The molecule has 1 aliphatic carbocycles. The van der Waals surface area contributed by atoms with Crippen molar-refractivity contribution < 1.29 is 9.59 Å². The van der Waals surface area contributed by atoms with E-state index in [1.807, 2.05) is 35.2 Å². The Hall–Kier alpha value is -3.08. The molecule has 0 bridgehead atoms. The van der Waals surface area contributed by atoms with Gasteiger partial charge in [0.05, 0.1) is 0 Å². The fourth-order valence-corrected chi connectivity index (χ4v) is 4.40. The molecule has 2 aromatic rings. The molecule has 0 fully saturated rings. The molecule has 2 aliphatic rings. The second-order valence-electron chi connectivity index (χ2n) is 8.36. The second kappa shape index (κ2) is 10.3. The van der Waals surface area contributed by atoms with Gasteiger partial charge in [-0.25, -0.2) is 4.79 Å². The molecule has 2 N–H and O–H groups in total. The third-order valence-electron chi connectivity index (χ3n) is 6.10. The number of aryl methyl sites for hydroxylation is 1. The third kappa shape index (κ3) is 5.54. The van der Waals surface area contributed by atoms with Crippen molar-refractivity contribution in [1.29, 1.82) is 0 Å². The van der Waals surface area contributed by atoms with Crippen LogP contribution in [0.25, 0.3) is 0 Å². The van der Waals surface area contributed by atoms with E-state index in [-0.39, 0.29) is 11.9 Å². The number of nitrogens with one attached hydrogen (secondary N) is 2. The number of amides is 3. The van der Waals surface area contributed by atoms with Gasteiger partial charge in [0.1, 0.15) is 0 Å². The van der Waals surface area contributed by atoms with E-state index in [2.05, 4.69) is 22.8 Å². The highest BCUT2D eigenvalue weighted by atomic mass is 16.2. The van der Waals surface area contributed by atoms with E-state index in [1.165, 1.54) is 24.0 Å². The molecule has 0 saturated heterocycles. The number of nitrogens with zero attached hydrogens (tertiary/aromatic N) is 1. The van der Waals surface area contributed by atoms with Gasteiger partial charge in [-0.3, -0.25) is 9.69 Å². The molecule has 0 atom stereocenters. The second-order valence-corrected chi connectivity index (χ2v) is 8.36. The number of urea groups is 1. The van der Waals surface area contributed by atoms with Gasteiger partial charge in [0.25, 0.3) is 5.91 Å². The molecular weight excluding hydrogens is 386 g/mol. The lowest BCUT2D eigenvalue weighted by Crippen LogP contribution is -2.35. The molecule has 1 heterocycles. The van der Waals surface area contributed by atoms with Crippen molar-refractivity contribution in [2.45, 2.75) is 51.4 Å². The van der Waals surface area contributed by atoms with Gasteiger partial charge in [-0.2, -0.15) is 0 Å². The lowest BCUT2D eigenvalue weighted by atomic mass is 9.97. The summed E-state index contributed by atoms with van der Waals surface area (Å²) < 4.78 is 0. The van der Waals surface area contributed by atoms with Crippen LogP contribution in [0.5, 0.6) is 0 Å². The summed E-state index contributed by atoms with van der Waals surface area (Å²) in [7, 11) is 0. The molecule has 2 aromatic carbocycles. The molecule has 162 valence electrons. The maximum Gasteiger partial charge on any atom is 0.326 e. The number of hydrogen-bond donors (Lipinski definition) is 2. The minimum absolute atomic E-state index is 0.104. The van der Waals surface area contributed by atoms with Gasteiger partial charge in [-0.1, -0.05) is 35.9 Å². The molecular formula is C26H31N3O2. The quantitative estimate of drug-likeness (QED) is 0.615. The Morgan fingerprint density at radius 1 is 0.935 bits per heavy atom. The van der Waals surface area contributed by atoms with Crippen LogP contribution in [-0.2, 0) is 6.42 Å². The summed E-state index contributed by atoms with van der Waals surface area (Å²) in [5.41, 5.74) is 4.83. The number of hydrogen-bond acceptors (Lipinski definition) is 2. The van der Waals surface area contributed by atoms with Gasteiger partial charge in [0, 0.05) is 30.0 Å². The van der Waals surface area contributed by atoms with Crippen LogP contribution < -0.4 is 15.5 Å². The summed E-state index contributed by atoms with van der Waals surface area (Å²) in [5, 5.41) is 5.99. The molecule has 5 nitrogen and oxygen atoms in total. The van der Waals surface area contributed by atoms with E-state index in [1.54, 1.807) is 12.1 Å². The number of allylic oxidation sites excluding steroid dienone is 1. The highest BCUT2D eigenvalue weighted by Gasteiger charge is 2.21. The first-order valence-corrected chi connectivity index (χ1v) is 11.4. The number of carbonyl (C=O) groups excluding carboxylic acids is 2. The lowest BCUT2D eigenvalue weighted by molar-refractivity contribution is 0.0954. The van der Waals surface area contributed by atoms with Crippen molar-refractivity contribution in [2.24, 2.45) is 0 Å². The molecule has 0 unspecified atom stereocenters. The number of para-hydroxylation sites is 1. The first-order valence-electron chi connectivity index (χ1n) is 11.4. The van der Waals surface area contributed by atoms with Gasteiger partial charge in [-0.15, -0.1) is 0 Å². The number of carbonyl (C=O) groups is 2. The van der Waals surface area contributed by atoms with E-state index in [4.69, 9.17) is 0 Å². The highest BCUT2D eigenvalue weighted by Crippen LogP contribution is 2.27. The zero-order valence-corrected chi connectivity index (χ0v) is 18.0. The van der Waals surface area contributed by atoms with Crippen molar-refractivity contribution in [2.75, 3.05) is 23.3 Å². The number of fused-ring (bicyclic) bond motifs is 1. The Balaban J connectivity index is 1.37. The fourth-order valence-electron chi connectivity index (χ4n) is 4.40. The first kappa shape index (κ1) is 21.2. The SMILES string of the molecule is O=C(NCCC1=CCCCC1)c1cccc(NC(=O)N2CCCCc3ccccc32)c1. The summed E-state index contributed by atoms with van der Waals surface area (Å²) in [6, 6.07) is 15.1. The van der Waals surface area contributed by atoms with Crippen LogP contribution in [0.4, 0.5) is 16.2 Å². The molecule has 4 rings (SSSR count). The fraction of sp³-hybridized carbons (Fsp3) is 0.385. The van der Waals surface area contributed by atoms with Crippen LogP contribution in [-0.4, -0.2) is 25.0 Å². The van der Waals surface area contributed by atoms with Gasteiger partial charge >= 0.3 is 6.03 Å². The van der Waals surface area contributed by atoms with Crippen LogP contribution in [0.2, 0.25) is 0 Å². The van der Waals surface area contributed by atoms with Gasteiger partial charge < -0.3 is 10.6 Å². The van der Waals surface area contributed by atoms with Gasteiger partial charge in [0.2, 0.25) is 0 Å². The zero-order chi connectivity index (χ0) is 21.5. The summed E-state index contributed by atoms with van der Waals surface area (Å²) in [5.74, 6) is -0.104. The van der Waals surface area contributed by atoms with E-state index in [0.717, 1.165) is 44.2 Å². The lowest BCUT2D eigenvalue weighted by Gasteiger charge is -2.23. The minimum Gasteiger partial charge on any atom is -0.352 e. The molecule has 0 saturated carbocycles. The maximum absolute atomic E-state index is 13.0. The van der Waals surface area contributed by atoms with Crippen LogP contribution >= 0.6 is 0 Å². The molecule has 1 aliphatic heterocycles. The van der Waals surface area contributed by atoms with Gasteiger partial charge in [-0.05, 0) is 81.2 Å². The van der Waals surface area contributed by atoms with E-state index < -0.39 is 0 Å². The predicted octanol–water partition coefficient (Wildman–Crippen LogP) is 5.68. The van der Waals surface area contributed by atoms with Crippen molar-refractivity contribution in [3.05, 3.63) is 71.3 Å². The summed E-state index contributed by atoms with van der Waals surface area (Å²) in [4.78, 5) is 27.4. The van der Waals surface area contributed by atoms with Crippen molar-refractivity contribution >= 4 is 23.3 Å². The third-order valence-corrected chi connectivity index (χ3v) is 6.10. The smallest absolute Gasteiger partial charge is 0.326 e. The van der Waals surface area contributed by atoms with E-state index >= 15 is 0 Å². The molecule has 3 amide bonds. The zero-order valence-electron chi connectivity index (χ0n) is 18.0. The average Bonchev–Trinajstić information content (AvgIpc) is 3.02.